The van der Waals surface area contributed by atoms with E-state index in [2.05, 4.69) is 21.5 Å². The third kappa shape index (κ3) is 5.02. The van der Waals surface area contributed by atoms with Crippen molar-refractivity contribution in [3.63, 3.8) is 0 Å². The molecular weight excluding hydrogens is 368 g/mol. The van der Waals surface area contributed by atoms with Crippen LogP contribution in [0, 0.1) is 11.3 Å². The number of nitrogens with zero attached hydrogens (tertiary/aromatic N) is 5. The van der Waals surface area contributed by atoms with E-state index >= 15 is 0 Å². The van der Waals surface area contributed by atoms with Gasteiger partial charge < -0.3 is 15.0 Å². The van der Waals surface area contributed by atoms with Crippen LogP contribution in [0.15, 0.2) is 42.6 Å². The molecule has 1 N–H and O–H groups in total. The highest BCUT2D eigenvalue weighted by Crippen LogP contribution is 2.21. The van der Waals surface area contributed by atoms with Crippen LogP contribution in [0.4, 0.5) is 10.6 Å². The van der Waals surface area contributed by atoms with Crippen LogP contribution in [0.25, 0.3) is 16.9 Å². The van der Waals surface area contributed by atoms with Crippen molar-refractivity contribution in [2.45, 2.75) is 26.4 Å². The molecule has 29 heavy (non-hydrogen) atoms. The number of rotatable bonds is 5. The number of amides is 1. The van der Waals surface area contributed by atoms with Crippen LogP contribution in [0.2, 0.25) is 0 Å². The van der Waals surface area contributed by atoms with Crippen molar-refractivity contribution in [1.29, 1.82) is 5.26 Å². The first-order valence-corrected chi connectivity index (χ1v) is 9.30. The van der Waals surface area contributed by atoms with Gasteiger partial charge in [-0.25, -0.2) is 14.3 Å². The number of aromatic nitrogens is 3. The zero-order chi connectivity index (χ0) is 21.0. The lowest BCUT2D eigenvalue weighted by atomic mass is 10.1. The third-order valence-corrected chi connectivity index (χ3v) is 4.13. The van der Waals surface area contributed by atoms with Crippen molar-refractivity contribution < 1.29 is 9.53 Å². The molecule has 3 rings (SSSR count). The smallest absolute Gasteiger partial charge is 0.410 e. The van der Waals surface area contributed by atoms with Crippen LogP contribution in [-0.2, 0) is 4.74 Å². The summed E-state index contributed by atoms with van der Waals surface area (Å²) in [5.74, 6) is 0.669. The Kier molecular flexibility index (Phi) is 5.69. The normalized spacial score (nSPS) is 11.1. The number of hydrogen-bond donors (Lipinski definition) is 1. The van der Waals surface area contributed by atoms with Crippen LogP contribution in [-0.4, -0.2) is 51.3 Å². The fraction of sp³-hybridized carbons (Fsp3) is 0.333. The number of nitrogens with one attached hydrogen (secondary N) is 1. The Balaban J connectivity index is 1.68. The predicted octanol–water partition coefficient (Wildman–Crippen LogP) is 3.55. The van der Waals surface area contributed by atoms with Crippen molar-refractivity contribution in [3.8, 4) is 17.3 Å². The van der Waals surface area contributed by atoms with E-state index in [9.17, 15) is 4.79 Å². The maximum absolute atomic E-state index is 12.0. The number of benzene rings is 1. The van der Waals surface area contributed by atoms with Crippen molar-refractivity contribution in [3.05, 3.63) is 48.2 Å². The number of carbonyl (C=O) groups excluding carboxylic acids is 1. The summed E-state index contributed by atoms with van der Waals surface area (Å²) in [7, 11) is 1.70. The molecular formula is C21H24N6O2. The minimum Gasteiger partial charge on any atom is -0.444 e. The van der Waals surface area contributed by atoms with Gasteiger partial charge in [-0.1, -0.05) is 12.1 Å². The first-order chi connectivity index (χ1) is 13.8. The molecule has 0 saturated heterocycles. The molecule has 0 atom stereocenters. The molecule has 0 aliphatic carbocycles. The van der Waals surface area contributed by atoms with Crippen LogP contribution in [0.3, 0.4) is 0 Å². The van der Waals surface area contributed by atoms with Gasteiger partial charge in [-0.3, -0.25) is 0 Å². The SMILES string of the molecule is CN(CCNc1ccc2ncc(-c3ccc(C#N)cc3)n2n1)C(=O)OC(C)(C)C. The van der Waals surface area contributed by atoms with Crippen LogP contribution in [0.1, 0.15) is 26.3 Å². The maximum Gasteiger partial charge on any atom is 0.410 e. The summed E-state index contributed by atoms with van der Waals surface area (Å²) in [5, 5.41) is 16.8. The van der Waals surface area contributed by atoms with Crippen LogP contribution >= 0.6 is 0 Å². The lowest BCUT2D eigenvalue weighted by Gasteiger charge is -2.24. The summed E-state index contributed by atoms with van der Waals surface area (Å²) in [4.78, 5) is 17.9. The van der Waals surface area contributed by atoms with Gasteiger partial charge >= 0.3 is 6.09 Å². The van der Waals surface area contributed by atoms with E-state index in [-0.39, 0.29) is 6.09 Å². The van der Waals surface area contributed by atoms with E-state index < -0.39 is 5.60 Å². The molecule has 2 heterocycles. The molecule has 3 aromatic rings. The van der Waals surface area contributed by atoms with Crippen molar-refractivity contribution in [2.75, 3.05) is 25.5 Å². The summed E-state index contributed by atoms with van der Waals surface area (Å²) in [6, 6.07) is 13.1. The number of hydrogen-bond acceptors (Lipinski definition) is 6. The van der Waals surface area contributed by atoms with E-state index in [4.69, 9.17) is 10.00 Å². The van der Waals surface area contributed by atoms with Gasteiger partial charge in [0.05, 0.1) is 23.5 Å². The van der Waals surface area contributed by atoms with E-state index in [1.807, 2.05) is 45.0 Å². The quantitative estimate of drug-likeness (QED) is 0.713. The van der Waals surface area contributed by atoms with Crippen LogP contribution < -0.4 is 5.32 Å². The van der Waals surface area contributed by atoms with Crippen molar-refractivity contribution >= 4 is 17.6 Å². The zero-order valence-electron chi connectivity index (χ0n) is 17.0. The minimum absolute atomic E-state index is 0.361. The Morgan fingerprint density at radius 1 is 1.24 bits per heavy atom. The number of anilines is 1. The first kappa shape index (κ1) is 20.1. The van der Waals surface area contributed by atoms with Gasteiger partial charge in [0.2, 0.25) is 0 Å². The summed E-state index contributed by atoms with van der Waals surface area (Å²) >= 11 is 0. The Hall–Kier alpha value is -3.60. The fourth-order valence-electron chi connectivity index (χ4n) is 2.66. The van der Waals surface area contributed by atoms with Gasteiger partial charge in [-0.05, 0) is 45.0 Å². The molecule has 0 radical (unpaired) electrons. The number of imidazole rings is 1. The average molecular weight is 392 g/mol. The Morgan fingerprint density at radius 2 is 1.97 bits per heavy atom. The maximum atomic E-state index is 12.0. The number of carbonyl (C=O) groups is 1. The van der Waals surface area contributed by atoms with Gasteiger partial charge in [-0.15, -0.1) is 5.10 Å². The molecule has 150 valence electrons. The summed E-state index contributed by atoms with van der Waals surface area (Å²) < 4.78 is 7.09. The van der Waals surface area contributed by atoms with Gasteiger partial charge in [0.1, 0.15) is 11.4 Å². The molecule has 1 aromatic carbocycles. The standard InChI is InChI=1S/C21H24N6O2/c1-21(2,3)29-20(28)26(4)12-11-23-18-9-10-19-24-14-17(27(19)25-18)16-7-5-15(13-22)6-8-16/h5-10,14H,11-12H2,1-4H3,(H,23,25). The number of ether oxygens (including phenoxy) is 1. The fourth-order valence-corrected chi connectivity index (χ4v) is 2.66. The second-order valence-electron chi connectivity index (χ2n) is 7.65. The number of nitriles is 1. The molecule has 0 aliphatic rings. The molecule has 0 saturated carbocycles. The largest absolute Gasteiger partial charge is 0.444 e. The minimum atomic E-state index is -0.519. The van der Waals surface area contributed by atoms with Crippen molar-refractivity contribution in [1.82, 2.24) is 19.5 Å². The van der Waals surface area contributed by atoms with E-state index in [1.165, 1.54) is 4.90 Å². The van der Waals surface area contributed by atoms with Gasteiger partial charge in [0.15, 0.2) is 5.65 Å². The predicted molar refractivity (Wildman–Crippen MR) is 110 cm³/mol. The zero-order valence-corrected chi connectivity index (χ0v) is 17.0. The molecule has 0 aliphatic heterocycles. The molecule has 8 heteroatoms. The monoisotopic (exact) mass is 392 g/mol. The summed E-state index contributed by atoms with van der Waals surface area (Å²) in [5.41, 5.74) is 2.56. The molecule has 0 unspecified atom stereocenters. The Morgan fingerprint density at radius 3 is 2.62 bits per heavy atom. The Labute approximate surface area is 169 Å². The topological polar surface area (TPSA) is 95.5 Å². The van der Waals surface area contributed by atoms with E-state index in [0.29, 0.717) is 24.5 Å². The van der Waals surface area contributed by atoms with Gasteiger partial charge in [0, 0.05) is 25.7 Å². The highest BCUT2D eigenvalue weighted by molar-refractivity contribution is 5.68. The molecule has 8 nitrogen and oxygen atoms in total. The molecule has 1 amide bonds. The van der Waals surface area contributed by atoms with Crippen molar-refractivity contribution in [2.24, 2.45) is 0 Å². The van der Waals surface area contributed by atoms with Gasteiger partial charge in [0.25, 0.3) is 0 Å². The average Bonchev–Trinajstić information content (AvgIpc) is 3.10. The second kappa shape index (κ2) is 8.19. The lowest BCUT2D eigenvalue weighted by Crippen LogP contribution is -2.36. The number of likely N-dealkylation sites (N-methyl/N-ethyl adjacent to an activating group) is 1. The highest BCUT2D eigenvalue weighted by atomic mass is 16.6. The molecule has 0 bridgehead atoms. The molecule has 0 fully saturated rings. The molecule has 0 spiro atoms. The highest BCUT2D eigenvalue weighted by Gasteiger charge is 2.19. The molecule has 2 aromatic heterocycles. The summed E-state index contributed by atoms with van der Waals surface area (Å²) in [6.07, 6.45) is 1.39. The second-order valence-corrected chi connectivity index (χ2v) is 7.65. The van der Waals surface area contributed by atoms with E-state index in [0.717, 1.165) is 16.9 Å². The number of fused-ring (bicyclic) bond motifs is 1. The van der Waals surface area contributed by atoms with Crippen LogP contribution in [0.5, 0.6) is 0 Å². The van der Waals surface area contributed by atoms with Gasteiger partial charge in [-0.2, -0.15) is 5.26 Å². The van der Waals surface area contributed by atoms with E-state index in [1.54, 1.807) is 29.9 Å². The lowest BCUT2D eigenvalue weighted by molar-refractivity contribution is 0.0305. The Bertz CT molecular complexity index is 1040. The third-order valence-electron chi connectivity index (χ3n) is 4.13. The first-order valence-electron chi connectivity index (χ1n) is 9.30. The summed E-state index contributed by atoms with van der Waals surface area (Å²) in [6.45, 7) is 6.52.